The molecule has 0 radical (unpaired) electrons. The van der Waals surface area contributed by atoms with Crippen LogP contribution in [0.5, 0.6) is 0 Å². The molecule has 0 amide bonds. The number of aliphatic hydroxyl groups is 1. The molecule has 20 heavy (non-hydrogen) atoms. The molecule has 0 unspecified atom stereocenters. The van der Waals surface area contributed by atoms with E-state index in [0.717, 1.165) is 5.56 Å². The van der Waals surface area contributed by atoms with Gasteiger partial charge in [-0.25, -0.2) is 5.84 Å². The van der Waals surface area contributed by atoms with Gasteiger partial charge in [0.15, 0.2) is 11.5 Å². The van der Waals surface area contributed by atoms with Crippen molar-refractivity contribution in [3.8, 4) is 0 Å². The molecule has 7 heteroatoms. The zero-order chi connectivity index (χ0) is 13.9. The van der Waals surface area contributed by atoms with E-state index in [1.807, 2.05) is 30.3 Å². The van der Waals surface area contributed by atoms with Crippen molar-refractivity contribution in [1.29, 1.82) is 0 Å². The summed E-state index contributed by atoms with van der Waals surface area (Å²) < 4.78 is 11.2. The van der Waals surface area contributed by atoms with Crippen molar-refractivity contribution in [2.45, 2.75) is 30.3 Å². The lowest BCUT2D eigenvalue weighted by Gasteiger charge is -2.34. The van der Waals surface area contributed by atoms with Crippen LogP contribution in [0.4, 0.5) is 0 Å². The first-order valence-electron chi connectivity index (χ1n) is 6.44. The maximum atomic E-state index is 10.3. The molecule has 0 bridgehead atoms. The lowest BCUT2D eigenvalue weighted by molar-refractivity contribution is -0.222. The van der Waals surface area contributed by atoms with Crippen molar-refractivity contribution >= 4 is 16.9 Å². The third-order valence-corrected chi connectivity index (χ3v) is 4.51. The number of thioether (sulfide) groups is 1. The SMILES string of the molecule is NNC1=N[C@H]2[C@H](O)[C@@H](OCc3ccccc3)OC[C@H]2S1. The maximum absolute atomic E-state index is 10.3. The first-order valence-corrected chi connectivity index (χ1v) is 7.32. The summed E-state index contributed by atoms with van der Waals surface area (Å²) in [5.74, 6) is 5.35. The smallest absolute Gasteiger partial charge is 0.186 e. The van der Waals surface area contributed by atoms with Gasteiger partial charge in [-0.05, 0) is 5.56 Å². The fourth-order valence-corrected chi connectivity index (χ4v) is 3.36. The number of aliphatic hydroxyl groups excluding tert-OH is 1. The summed E-state index contributed by atoms with van der Waals surface area (Å²) in [6.07, 6.45) is -1.44. The van der Waals surface area contributed by atoms with Crippen LogP contribution in [0.25, 0.3) is 0 Å². The van der Waals surface area contributed by atoms with Gasteiger partial charge in [-0.1, -0.05) is 42.1 Å². The van der Waals surface area contributed by atoms with Gasteiger partial charge in [-0.3, -0.25) is 4.99 Å². The maximum Gasteiger partial charge on any atom is 0.186 e. The van der Waals surface area contributed by atoms with Crippen LogP contribution in [0.15, 0.2) is 35.3 Å². The molecule has 2 aliphatic heterocycles. The Morgan fingerprint density at radius 3 is 3.00 bits per heavy atom. The molecule has 2 aliphatic rings. The summed E-state index contributed by atoms with van der Waals surface area (Å²) in [7, 11) is 0. The average molecular weight is 295 g/mol. The number of amidine groups is 1. The highest BCUT2D eigenvalue weighted by atomic mass is 32.2. The third kappa shape index (κ3) is 2.82. The van der Waals surface area contributed by atoms with Crippen LogP contribution in [-0.2, 0) is 16.1 Å². The fraction of sp³-hybridized carbons (Fsp3) is 0.462. The van der Waals surface area contributed by atoms with E-state index < -0.39 is 12.4 Å². The number of ether oxygens (including phenoxy) is 2. The first-order chi connectivity index (χ1) is 9.78. The third-order valence-electron chi connectivity index (χ3n) is 3.34. The number of hydrazine groups is 1. The van der Waals surface area contributed by atoms with Crippen LogP contribution in [0.1, 0.15) is 5.56 Å². The van der Waals surface area contributed by atoms with Gasteiger partial charge in [0, 0.05) is 0 Å². The molecule has 4 atom stereocenters. The molecule has 4 N–H and O–H groups in total. The van der Waals surface area contributed by atoms with E-state index in [2.05, 4.69) is 10.4 Å². The average Bonchev–Trinajstić information content (AvgIpc) is 2.92. The second-order valence-corrected chi connectivity index (χ2v) is 5.94. The Balaban J connectivity index is 1.60. The summed E-state index contributed by atoms with van der Waals surface area (Å²) in [5.41, 5.74) is 3.56. The Hall–Kier alpha value is -1.12. The van der Waals surface area contributed by atoms with Gasteiger partial charge in [-0.15, -0.1) is 0 Å². The highest BCUT2D eigenvalue weighted by Gasteiger charge is 2.44. The molecule has 6 nitrogen and oxygen atoms in total. The van der Waals surface area contributed by atoms with Crippen LogP contribution in [-0.4, -0.2) is 40.6 Å². The molecule has 108 valence electrons. The second kappa shape index (κ2) is 6.11. The van der Waals surface area contributed by atoms with Crippen LogP contribution < -0.4 is 11.3 Å². The van der Waals surface area contributed by atoms with Gasteiger partial charge >= 0.3 is 0 Å². The van der Waals surface area contributed by atoms with E-state index in [1.165, 1.54) is 11.8 Å². The lowest BCUT2D eigenvalue weighted by Crippen LogP contribution is -2.50. The highest BCUT2D eigenvalue weighted by Crippen LogP contribution is 2.33. The summed E-state index contributed by atoms with van der Waals surface area (Å²) >= 11 is 1.49. The first kappa shape index (κ1) is 13.8. The Bertz CT molecular complexity index is 485. The van der Waals surface area contributed by atoms with Crippen LogP contribution in [0, 0.1) is 0 Å². The van der Waals surface area contributed by atoms with E-state index in [1.54, 1.807) is 0 Å². The number of rotatable bonds is 3. The normalized spacial score (nSPS) is 32.6. The zero-order valence-corrected chi connectivity index (χ0v) is 11.6. The van der Waals surface area contributed by atoms with Crippen LogP contribution in [0.3, 0.4) is 0 Å². The number of nitrogens with two attached hydrogens (primary N) is 1. The van der Waals surface area contributed by atoms with E-state index in [0.29, 0.717) is 18.4 Å². The number of fused-ring (bicyclic) bond motifs is 1. The number of nitrogens with one attached hydrogen (secondary N) is 1. The van der Waals surface area contributed by atoms with Gasteiger partial charge in [0.1, 0.15) is 6.10 Å². The van der Waals surface area contributed by atoms with Crippen molar-refractivity contribution in [1.82, 2.24) is 5.43 Å². The zero-order valence-electron chi connectivity index (χ0n) is 10.8. The Kier molecular flexibility index (Phi) is 4.23. The summed E-state index contributed by atoms with van der Waals surface area (Å²) in [5, 5.41) is 11.0. The molecule has 0 aromatic heterocycles. The lowest BCUT2D eigenvalue weighted by atomic mass is 10.1. The minimum absolute atomic E-state index is 0.0904. The van der Waals surface area contributed by atoms with Crippen molar-refractivity contribution in [3.05, 3.63) is 35.9 Å². The molecule has 1 aromatic rings. The molecule has 0 spiro atoms. The van der Waals surface area contributed by atoms with Gasteiger partial charge in [-0.2, -0.15) is 0 Å². The van der Waals surface area contributed by atoms with Gasteiger partial charge < -0.3 is 20.0 Å². The molecule has 1 fully saturated rings. The Labute approximate surface area is 121 Å². The largest absolute Gasteiger partial charge is 0.386 e. The van der Waals surface area contributed by atoms with E-state index >= 15 is 0 Å². The van der Waals surface area contributed by atoms with Crippen molar-refractivity contribution < 1.29 is 14.6 Å². The second-order valence-electron chi connectivity index (χ2n) is 4.71. The van der Waals surface area contributed by atoms with Gasteiger partial charge in [0.25, 0.3) is 0 Å². The summed E-state index contributed by atoms with van der Waals surface area (Å²) in [6.45, 7) is 0.888. The summed E-state index contributed by atoms with van der Waals surface area (Å²) in [6, 6.07) is 9.55. The van der Waals surface area contributed by atoms with Crippen molar-refractivity contribution in [3.63, 3.8) is 0 Å². The van der Waals surface area contributed by atoms with E-state index in [-0.39, 0.29) is 11.3 Å². The molecule has 1 aromatic carbocycles. The number of benzene rings is 1. The predicted octanol–water partition coefficient (Wildman–Crippen LogP) is 0.224. The Morgan fingerprint density at radius 2 is 2.25 bits per heavy atom. The number of hydrogen-bond donors (Lipinski definition) is 3. The number of nitrogens with zero attached hydrogens (tertiary/aromatic N) is 1. The topological polar surface area (TPSA) is 89.1 Å². The standard InChI is InChI=1S/C13H17N3O3S/c14-16-13-15-10-9(20-13)7-19-12(11(10)17)18-6-8-4-2-1-3-5-8/h1-5,9-12,17H,6-7,14H2,(H,15,16)/t9-,10-,11+,12+/m1/s1. The van der Waals surface area contributed by atoms with Gasteiger partial charge in [0.05, 0.1) is 24.5 Å². The molecule has 0 aliphatic carbocycles. The predicted molar refractivity (Wildman–Crippen MR) is 76.9 cm³/mol. The fourth-order valence-electron chi connectivity index (χ4n) is 2.31. The molecule has 3 rings (SSSR count). The number of aliphatic imine (C=N–C) groups is 1. The molecular weight excluding hydrogens is 278 g/mol. The molecule has 2 heterocycles. The Morgan fingerprint density at radius 1 is 1.45 bits per heavy atom. The molecule has 1 saturated heterocycles. The molecule has 0 saturated carbocycles. The van der Waals surface area contributed by atoms with Crippen LogP contribution >= 0.6 is 11.8 Å². The summed E-state index contributed by atoms with van der Waals surface area (Å²) in [4.78, 5) is 4.35. The monoisotopic (exact) mass is 295 g/mol. The quantitative estimate of drug-likeness (QED) is 0.546. The van der Waals surface area contributed by atoms with Crippen LogP contribution in [0.2, 0.25) is 0 Å². The minimum atomic E-state index is -0.782. The van der Waals surface area contributed by atoms with Gasteiger partial charge in [0.2, 0.25) is 0 Å². The number of hydrogen-bond acceptors (Lipinski definition) is 7. The minimum Gasteiger partial charge on any atom is -0.386 e. The van der Waals surface area contributed by atoms with Crippen molar-refractivity contribution in [2.75, 3.05) is 6.61 Å². The van der Waals surface area contributed by atoms with Crippen molar-refractivity contribution in [2.24, 2.45) is 10.8 Å². The highest BCUT2D eigenvalue weighted by molar-refractivity contribution is 8.14. The molecular formula is C13H17N3O3S. The van der Waals surface area contributed by atoms with E-state index in [9.17, 15) is 5.11 Å². The van der Waals surface area contributed by atoms with E-state index in [4.69, 9.17) is 15.3 Å².